The number of hydrogen-bond donors (Lipinski definition) is 2. The molecule has 2 atom stereocenters. The van der Waals surface area contributed by atoms with Crippen molar-refractivity contribution in [3.05, 3.63) is 94.5 Å². The number of pyridine rings is 1. The molecular formula is C31H32ClN5O4S. The number of ether oxygens (including phenoxy) is 3. The van der Waals surface area contributed by atoms with E-state index in [9.17, 15) is 4.79 Å². The van der Waals surface area contributed by atoms with Crippen molar-refractivity contribution < 1.29 is 19.0 Å². The number of nitrogens with zero attached hydrogens (tertiary/aromatic N) is 3. The van der Waals surface area contributed by atoms with Gasteiger partial charge >= 0.3 is 0 Å². The number of halogens is 1. The Morgan fingerprint density at radius 1 is 1.05 bits per heavy atom. The lowest BCUT2D eigenvalue weighted by Gasteiger charge is -2.29. The summed E-state index contributed by atoms with van der Waals surface area (Å²) in [5.41, 5.74) is 6.01. The molecule has 42 heavy (non-hydrogen) atoms. The molecule has 1 fully saturated rings. The van der Waals surface area contributed by atoms with Crippen molar-refractivity contribution in [2.24, 2.45) is 0 Å². The van der Waals surface area contributed by atoms with E-state index in [1.54, 1.807) is 20.4 Å². The van der Waals surface area contributed by atoms with Gasteiger partial charge < -0.3 is 34.3 Å². The van der Waals surface area contributed by atoms with Crippen LogP contribution in [0.4, 0.5) is 11.4 Å². The monoisotopic (exact) mass is 605 g/mol. The van der Waals surface area contributed by atoms with Crippen molar-refractivity contribution in [2.75, 3.05) is 38.2 Å². The number of rotatable bonds is 9. The third-order valence-electron chi connectivity index (χ3n) is 7.28. The summed E-state index contributed by atoms with van der Waals surface area (Å²) >= 11 is 12.4. The van der Waals surface area contributed by atoms with E-state index in [0.717, 1.165) is 34.0 Å². The van der Waals surface area contributed by atoms with Crippen LogP contribution in [-0.4, -0.2) is 48.5 Å². The SMILES string of the molecule is COCC(=O)Nc1cc(N2C(=S)N[C@H](c3ccccn3)[C@@H]2c2cc(C)n(-c3cc(Cl)ccc3OC)c2C)ccc1OC. The molecule has 1 saturated heterocycles. The van der Waals surface area contributed by atoms with Crippen LogP contribution in [0.5, 0.6) is 11.5 Å². The summed E-state index contributed by atoms with van der Waals surface area (Å²) in [6.07, 6.45) is 1.77. The molecule has 2 N–H and O–H groups in total. The van der Waals surface area contributed by atoms with Crippen molar-refractivity contribution in [2.45, 2.75) is 25.9 Å². The second kappa shape index (κ2) is 12.4. The van der Waals surface area contributed by atoms with Crippen LogP contribution in [0.3, 0.4) is 0 Å². The standard InChI is InChI=1S/C31H32ClN5O4S/c1-18-14-22(19(2)36(18)25-15-20(32)9-11-27(25)41-5)30-29(23-8-6-7-13-33-23)35-31(42)37(30)21-10-12-26(40-4)24(16-21)34-28(38)17-39-3/h6-16,29-30H,17H2,1-5H3,(H,34,38)(H,35,42)/t29-,30+/m1/s1. The van der Waals surface area contributed by atoms with Gasteiger partial charge in [-0.15, -0.1) is 0 Å². The van der Waals surface area contributed by atoms with Gasteiger partial charge in [0.15, 0.2) is 5.11 Å². The van der Waals surface area contributed by atoms with E-state index in [-0.39, 0.29) is 24.6 Å². The van der Waals surface area contributed by atoms with Gasteiger partial charge in [0.25, 0.3) is 0 Å². The van der Waals surface area contributed by atoms with Crippen molar-refractivity contribution in [1.82, 2.24) is 14.9 Å². The minimum Gasteiger partial charge on any atom is -0.495 e. The molecule has 1 aliphatic heterocycles. The van der Waals surface area contributed by atoms with Crippen LogP contribution in [0.25, 0.3) is 5.69 Å². The first-order chi connectivity index (χ1) is 20.3. The Kier molecular flexibility index (Phi) is 8.67. The van der Waals surface area contributed by atoms with Crippen molar-refractivity contribution in [3.63, 3.8) is 0 Å². The highest BCUT2D eigenvalue weighted by atomic mass is 35.5. The first-order valence-corrected chi connectivity index (χ1v) is 14.1. The first kappa shape index (κ1) is 29.4. The molecule has 11 heteroatoms. The Balaban J connectivity index is 1.67. The third-order valence-corrected chi connectivity index (χ3v) is 7.83. The average Bonchev–Trinajstić information content (AvgIpc) is 3.48. The lowest BCUT2D eigenvalue weighted by Crippen LogP contribution is -2.29. The second-order valence-corrected chi connectivity index (χ2v) is 10.7. The highest BCUT2D eigenvalue weighted by molar-refractivity contribution is 7.80. The molecule has 5 rings (SSSR count). The summed E-state index contributed by atoms with van der Waals surface area (Å²) in [6, 6.07) is 18.6. The lowest BCUT2D eigenvalue weighted by atomic mass is 9.96. The number of benzene rings is 2. The predicted octanol–water partition coefficient (Wildman–Crippen LogP) is 5.92. The van der Waals surface area contributed by atoms with Gasteiger partial charge in [0.2, 0.25) is 5.91 Å². The number of nitrogens with one attached hydrogen (secondary N) is 2. The fraction of sp³-hybridized carbons (Fsp3) is 0.258. The number of carbonyl (C=O) groups excluding carboxylic acids is 1. The van der Waals surface area contributed by atoms with Crippen molar-refractivity contribution in [1.29, 1.82) is 0 Å². The summed E-state index contributed by atoms with van der Waals surface area (Å²) in [5, 5.41) is 7.52. The molecule has 0 aliphatic carbocycles. The number of thiocarbonyl (C=S) groups is 1. The number of anilines is 2. The van der Waals surface area contributed by atoms with E-state index in [4.69, 9.17) is 38.0 Å². The van der Waals surface area contributed by atoms with E-state index >= 15 is 0 Å². The van der Waals surface area contributed by atoms with Crippen LogP contribution in [0.2, 0.25) is 5.02 Å². The summed E-state index contributed by atoms with van der Waals surface area (Å²) in [7, 11) is 4.67. The highest BCUT2D eigenvalue weighted by Crippen LogP contribution is 2.45. The first-order valence-electron chi connectivity index (χ1n) is 13.3. The summed E-state index contributed by atoms with van der Waals surface area (Å²) in [6.45, 7) is 4.04. The summed E-state index contributed by atoms with van der Waals surface area (Å²) in [5.74, 6) is 0.930. The molecule has 9 nitrogen and oxygen atoms in total. The number of hydrogen-bond acceptors (Lipinski definition) is 6. The molecule has 2 aromatic carbocycles. The summed E-state index contributed by atoms with van der Waals surface area (Å²) in [4.78, 5) is 19.2. The van der Waals surface area contributed by atoms with Crippen LogP contribution in [0.15, 0.2) is 66.9 Å². The van der Waals surface area contributed by atoms with E-state index in [2.05, 4.69) is 45.0 Å². The Labute approximate surface area is 255 Å². The van der Waals surface area contributed by atoms with Gasteiger partial charge in [0, 0.05) is 35.4 Å². The molecule has 1 amide bonds. The topological polar surface area (TPSA) is 89.9 Å². The maximum absolute atomic E-state index is 12.4. The molecule has 0 radical (unpaired) electrons. The third kappa shape index (κ3) is 5.53. The fourth-order valence-corrected chi connectivity index (χ4v) is 6.02. The molecule has 218 valence electrons. The molecule has 2 aromatic heterocycles. The van der Waals surface area contributed by atoms with Crippen LogP contribution >= 0.6 is 23.8 Å². The zero-order valence-corrected chi connectivity index (χ0v) is 25.5. The molecule has 3 heterocycles. The number of aryl methyl sites for hydroxylation is 1. The molecule has 0 unspecified atom stereocenters. The van der Waals surface area contributed by atoms with Gasteiger partial charge in [0.1, 0.15) is 18.1 Å². The van der Waals surface area contributed by atoms with Crippen LogP contribution in [0.1, 0.15) is 34.7 Å². The van der Waals surface area contributed by atoms with Gasteiger partial charge in [0.05, 0.1) is 43.4 Å². The van der Waals surface area contributed by atoms with Gasteiger partial charge in [-0.3, -0.25) is 9.78 Å². The number of aromatic nitrogens is 2. The molecule has 0 bridgehead atoms. The van der Waals surface area contributed by atoms with Gasteiger partial charge in [-0.25, -0.2) is 0 Å². The van der Waals surface area contributed by atoms with Gasteiger partial charge in [-0.05, 0) is 86.2 Å². The maximum atomic E-state index is 12.4. The van der Waals surface area contributed by atoms with Gasteiger partial charge in [-0.1, -0.05) is 17.7 Å². The minimum atomic E-state index is -0.294. The largest absolute Gasteiger partial charge is 0.495 e. The number of methoxy groups -OCH3 is 3. The fourth-order valence-electron chi connectivity index (χ4n) is 5.51. The molecular weight excluding hydrogens is 574 g/mol. The quantitative estimate of drug-likeness (QED) is 0.227. The Hall–Kier alpha value is -4.12. The predicted molar refractivity (Wildman–Crippen MR) is 168 cm³/mol. The molecule has 0 saturated carbocycles. The second-order valence-electron chi connectivity index (χ2n) is 9.84. The van der Waals surface area contributed by atoms with Crippen LogP contribution < -0.4 is 25.0 Å². The van der Waals surface area contributed by atoms with E-state index < -0.39 is 0 Å². The van der Waals surface area contributed by atoms with Crippen LogP contribution in [-0.2, 0) is 9.53 Å². The minimum absolute atomic E-state index is 0.0829. The van der Waals surface area contributed by atoms with E-state index in [1.165, 1.54) is 7.11 Å². The number of amides is 1. The van der Waals surface area contributed by atoms with Crippen molar-refractivity contribution in [3.8, 4) is 17.2 Å². The summed E-state index contributed by atoms with van der Waals surface area (Å²) < 4.78 is 18.4. The Bertz CT molecular complexity index is 1630. The number of carbonyl (C=O) groups is 1. The maximum Gasteiger partial charge on any atom is 0.250 e. The Morgan fingerprint density at radius 3 is 2.50 bits per heavy atom. The van der Waals surface area contributed by atoms with Crippen LogP contribution in [0, 0.1) is 13.8 Å². The lowest BCUT2D eigenvalue weighted by molar-refractivity contribution is -0.119. The average molecular weight is 606 g/mol. The van der Waals surface area contributed by atoms with E-state index in [0.29, 0.717) is 27.3 Å². The zero-order valence-electron chi connectivity index (χ0n) is 24.0. The van der Waals surface area contributed by atoms with Crippen molar-refractivity contribution >= 4 is 46.2 Å². The molecule has 1 aliphatic rings. The van der Waals surface area contributed by atoms with E-state index in [1.807, 2.05) is 54.6 Å². The van der Waals surface area contributed by atoms with Gasteiger partial charge in [-0.2, -0.15) is 0 Å². The smallest absolute Gasteiger partial charge is 0.250 e. The Morgan fingerprint density at radius 2 is 1.81 bits per heavy atom. The highest BCUT2D eigenvalue weighted by Gasteiger charge is 2.42. The normalized spacial score (nSPS) is 16.3. The molecule has 0 spiro atoms. The molecule has 4 aromatic rings. The zero-order chi connectivity index (χ0) is 30.0.